The van der Waals surface area contributed by atoms with Crippen LogP contribution in [0.2, 0.25) is 0 Å². The summed E-state index contributed by atoms with van der Waals surface area (Å²) in [5, 5.41) is 2.24. The molecule has 0 aliphatic carbocycles. The van der Waals surface area contributed by atoms with Crippen LogP contribution < -0.4 is 19.7 Å². The molecule has 1 heterocycles. The molecule has 4 aromatic carbocycles. The van der Waals surface area contributed by atoms with Gasteiger partial charge in [-0.25, -0.2) is 14.1 Å². The molecule has 1 saturated heterocycles. The van der Waals surface area contributed by atoms with Crippen LogP contribution in [0.3, 0.4) is 0 Å². The van der Waals surface area contributed by atoms with Gasteiger partial charge in [0, 0.05) is 6.42 Å². The van der Waals surface area contributed by atoms with E-state index in [1.807, 2.05) is 49.4 Å². The molecule has 5 rings (SSSR count). The Morgan fingerprint density at radius 3 is 2.32 bits per heavy atom. The van der Waals surface area contributed by atoms with Crippen molar-refractivity contribution in [1.29, 1.82) is 0 Å². The van der Waals surface area contributed by atoms with Gasteiger partial charge in [-0.05, 0) is 77.7 Å². The molecule has 0 atom stereocenters. The molecule has 1 N–H and O–H groups in total. The van der Waals surface area contributed by atoms with Crippen molar-refractivity contribution >= 4 is 29.6 Å². The Morgan fingerprint density at radius 2 is 1.59 bits per heavy atom. The standard InChI is InChI=1S/C33H27FN2O5/c1-2-40-30-20-24(11-12-25(30)17-23-9-6-10-26(34)18-23)19-29-31(37)35-33(39)36(32(29)38)27-13-15-28(16-14-27)41-21-22-7-4-3-5-8-22/h3-16,18-20H,2,17,21H2,1H3,(H,35,37,39)/b29-19+. The van der Waals surface area contributed by atoms with E-state index in [1.54, 1.807) is 42.5 Å². The van der Waals surface area contributed by atoms with E-state index in [4.69, 9.17) is 9.47 Å². The highest BCUT2D eigenvalue weighted by Gasteiger charge is 2.36. The van der Waals surface area contributed by atoms with Gasteiger partial charge in [0.05, 0.1) is 12.3 Å². The lowest BCUT2D eigenvalue weighted by atomic mass is 10.0. The number of carbonyl (C=O) groups excluding carboxylic acids is 3. The summed E-state index contributed by atoms with van der Waals surface area (Å²) in [6.45, 7) is 2.61. The van der Waals surface area contributed by atoms with Crippen molar-refractivity contribution in [2.45, 2.75) is 20.0 Å². The second kappa shape index (κ2) is 12.3. The zero-order valence-electron chi connectivity index (χ0n) is 22.3. The van der Waals surface area contributed by atoms with Crippen LogP contribution in [0.15, 0.2) is 103 Å². The Morgan fingerprint density at radius 1 is 0.829 bits per heavy atom. The van der Waals surface area contributed by atoms with E-state index in [0.717, 1.165) is 21.6 Å². The summed E-state index contributed by atoms with van der Waals surface area (Å²) in [7, 11) is 0. The lowest BCUT2D eigenvalue weighted by Crippen LogP contribution is -2.54. The maximum atomic E-state index is 13.7. The van der Waals surface area contributed by atoms with Crippen LogP contribution in [0, 0.1) is 5.82 Å². The third-order valence-corrected chi connectivity index (χ3v) is 6.43. The van der Waals surface area contributed by atoms with E-state index in [0.29, 0.717) is 42.4 Å². The van der Waals surface area contributed by atoms with E-state index in [-0.39, 0.29) is 11.4 Å². The number of hydrogen-bond donors (Lipinski definition) is 1. The molecule has 4 aromatic rings. The van der Waals surface area contributed by atoms with Crippen LogP contribution in [0.1, 0.15) is 29.2 Å². The number of benzene rings is 4. The van der Waals surface area contributed by atoms with Crippen LogP contribution >= 0.6 is 0 Å². The topological polar surface area (TPSA) is 84.9 Å². The van der Waals surface area contributed by atoms with Gasteiger partial charge < -0.3 is 9.47 Å². The number of barbiturate groups is 1. The minimum absolute atomic E-state index is 0.200. The lowest BCUT2D eigenvalue weighted by Gasteiger charge is -2.26. The molecule has 0 saturated carbocycles. The number of nitrogens with one attached hydrogen (secondary N) is 1. The Bertz CT molecular complexity index is 1620. The van der Waals surface area contributed by atoms with E-state index in [9.17, 15) is 18.8 Å². The molecular weight excluding hydrogens is 523 g/mol. The highest BCUT2D eigenvalue weighted by molar-refractivity contribution is 6.39. The summed E-state index contributed by atoms with van der Waals surface area (Å²) in [5.74, 6) is -0.749. The van der Waals surface area contributed by atoms with E-state index in [1.165, 1.54) is 18.2 Å². The molecule has 0 bridgehead atoms. The van der Waals surface area contributed by atoms with Crippen LogP contribution in [-0.4, -0.2) is 24.5 Å². The Labute approximate surface area is 236 Å². The summed E-state index contributed by atoms with van der Waals surface area (Å²) in [4.78, 5) is 39.6. The number of nitrogens with zero attached hydrogens (tertiary/aromatic N) is 1. The largest absolute Gasteiger partial charge is 0.494 e. The highest BCUT2D eigenvalue weighted by atomic mass is 19.1. The maximum Gasteiger partial charge on any atom is 0.335 e. The molecule has 0 unspecified atom stereocenters. The smallest absolute Gasteiger partial charge is 0.335 e. The first-order valence-electron chi connectivity index (χ1n) is 13.1. The first-order chi connectivity index (χ1) is 19.9. The number of halogens is 1. The number of rotatable bonds is 9. The molecule has 4 amide bonds. The van der Waals surface area contributed by atoms with Gasteiger partial charge in [-0.1, -0.05) is 54.6 Å². The molecule has 0 aromatic heterocycles. The van der Waals surface area contributed by atoms with Crippen molar-refractivity contribution in [1.82, 2.24) is 5.32 Å². The van der Waals surface area contributed by atoms with Gasteiger partial charge in [0.15, 0.2) is 0 Å². The van der Waals surface area contributed by atoms with Crippen LogP contribution in [0.4, 0.5) is 14.9 Å². The number of amides is 4. The third-order valence-electron chi connectivity index (χ3n) is 6.43. The van der Waals surface area contributed by atoms with Gasteiger partial charge in [0.1, 0.15) is 29.5 Å². The summed E-state index contributed by atoms with van der Waals surface area (Å²) in [5.41, 5.74) is 3.24. The first-order valence-corrected chi connectivity index (χ1v) is 13.1. The highest BCUT2D eigenvalue weighted by Crippen LogP contribution is 2.28. The van der Waals surface area contributed by atoms with Gasteiger partial charge in [-0.2, -0.15) is 0 Å². The molecule has 0 spiro atoms. The van der Waals surface area contributed by atoms with Crippen molar-refractivity contribution in [3.05, 3.63) is 131 Å². The predicted octanol–water partition coefficient (Wildman–Crippen LogP) is 6.06. The van der Waals surface area contributed by atoms with E-state index >= 15 is 0 Å². The molecule has 1 aliphatic heterocycles. The Balaban J connectivity index is 1.36. The fourth-order valence-electron chi connectivity index (χ4n) is 4.45. The lowest BCUT2D eigenvalue weighted by molar-refractivity contribution is -0.122. The minimum atomic E-state index is -0.837. The summed E-state index contributed by atoms with van der Waals surface area (Å²) in [6.07, 6.45) is 1.86. The molecule has 0 radical (unpaired) electrons. The zero-order valence-corrected chi connectivity index (χ0v) is 22.3. The summed E-state index contributed by atoms with van der Waals surface area (Å²) >= 11 is 0. The first kappa shape index (κ1) is 27.3. The Hall–Kier alpha value is -5.24. The average Bonchev–Trinajstić information content (AvgIpc) is 2.97. The number of anilines is 1. The maximum absolute atomic E-state index is 13.7. The van der Waals surface area contributed by atoms with Gasteiger partial charge in [0.2, 0.25) is 0 Å². The number of imide groups is 2. The monoisotopic (exact) mass is 550 g/mol. The van der Waals surface area contributed by atoms with Gasteiger partial charge in [0.25, 0.3) is 11.8 Å². The average molecular weight is 551 g/mol. The van der Waals surface area contributed by atoms with Gasteiger partial charge in [-0.3, -0.25) is 14.9 Å². The number of urea groups is 1. The van der Waals surface area contributed by atoms with Gasteiger partial charge in [-0.15, -0.1) is 0 Å². The Kier molecular flexibility index (Phi) is 8.20. The minimum Gasteiger partial charge on any atom is -0.494 e. The van der Waals surface area contributed by atoms with Crippen LogP contribution in [0.25, 0.3) is 6.08 Å². The number of carbonyl (C=O) groups is 3. The second-order valence-electron chi connectivity index (χ2n) is 9.33. The molecule has 1 fully saturated rings. The second-order valence-corrected chi connectivity index (χ2v) is 9.33. The molecule has 7 nitrogen and oxygen atoms in total. The van der Waals surface area contributed by atoms with Crippen molar-refractivity contribution in [3.8, 4) is 11.5 Å². The SMILES string of the molecule is CCOc1cc(/C=C2\C(=O)NC(=O)N(c3ccc(OCc4ccccc4)cc3)C2=O)ccc1Cc1cccc(F)c1. The predicted molar refractivity (Wildman–Crippen MR) is 153 cm³/mol. The summed E-state index contributed by atoms with van der Waals surface area (Å²) < 4.78 is 25.3. The molecular formula is C33H27FN2O5. The van der Waals surface area contributed by atoms with Crippen LogP contribution in [-0.2, 0) is 22.6 Å². The zero-order chi connectivity index (χ0) is 28.8. The third kappa shape index (κ3) is 6.50. The normalized spacial score (nSPS) is 14.2. The number of hydrogen-bond acceptors (Lipinski definition) is 5. The summed E-state index contributed by atoms with van der Waals surface area (Å²) in [6, 6.07) is 26.9. The molecule has 206 valence electrons. The fraction of sp³-hybridized carbons (Fsp3) is 0.121. The van der Waals surface area contributed by atoms with Crippen molar-refractivity contribution < 1.29 is 28.2 Å². The molecule has 1 aliphatic rings. The van der Waals surface area contributed by atoms with Crippen molar-refractivity contribution in [3.63, 3.8) is 0 Å². The van der Waals surface area contributed by atoms with E-state index < -0.39 is 17.8 Å². The number of ether oxygens (including phenoxy) is 2. The quantitative estimate of drug-likeness (QED) is 0.202. The molecule has 41 heavy (non-hydrogen) atoms. The van der Waals surface area contributed by atoms with E-state index in [2.05, 4.69) is 5.32 Å². The van der Waals surface area contributed by atoms with Crippen LogP contribution in [0.5, 0.6) is 11.5 Å². The molecule has 8 heteroatoms. The van der Waals surface area contributed by atoms with Crippen molar-refractivity contribution in [2.75, 3.05) is 11.5 Å². The fourth-order valence-corrected chi connectivity index (χ4v) is 4.45. The van der Waals surface area contributed by atoms with Gasteiger partial charge >= 0.3 is 6.03 Å². The van der Waals surface area contributed by atoms with Crippen molar-refractivity contribution in [2.24, 2.45) is 0 Å².